The highest BCUT2D eigenvalue weighted by atomic mass is 35.5. The fraction of sp³-hybridized carbons (Fsp3) is 0.500. The summed E-state index contributed by atoms with van der Waals surface area (Å²) in [7, 11) is 0. The summed E-state index contributed by atoms with van der Waals surface area (Å²) < 4.78 is 0. The van der Waals surface area contributed by atoms with Gasteiger partial charge in [0.25, 0.3) is 0 Å². The van der Waals surface area contributed by atoms with Gasteiger partial charge in [-0.05, 0) is 36.5 Å². The lowest BCUT2D eigenvalue weighted by molar-refractivity contribution is -0.138. The minimum absolute atomic E-state index is 0.0394. The Balaban J connectivity index is 1.96. The second-order valence-corrected chi connectivity index (χ2v) is 6.87. The van der Waals surface area contributed by atoms with Crippen LogP contribution in [0.25, 0.3) is 0 Å². The van der Waals surface area contributed by atoms with E-state index in [0.29, 0.717) is 31.0 Å². The second kappa shape index (κ2) is 8.85. The van der Waals surface area contributed by atoms with Crippen LogP contribution in [0.3, 0.4) is 0 Å². The number of nitrogens with zero attached hydrogens (tertiary/aromatic N) is 1. The number of amides is 2. The van der Waals surface area contributed by atoms with E-state index in [1.54, 1.807) is 29.2 Å². The average molecular weight is 367 g/mol. The topological polar surface area (TPSA) is 86.7 Å². The smallest absolute Gasteiger partial charge is 0.303 e. The highest BCUT2D eigenvalue weighted by Crippen LogP contribution is 2.24. The third-order valence-electron chi connectivity index (χ3n) is 4.46. The number of carboxylic acids is 1. The van der Waals surface area contributed by atoms with Crippen molar-refractivity contribution in [1.29, 1.82) is 0 Å². The quantitative estimate of drug-likeness (QED) is 0.810. The van der Waals surface area contributed by atoms with Crippen LogP contribution in [0.2, 0.25) is 5.02 Å². The molecule has 6 nitrogen and oxygen atoms in total. The number of aliphatic carboxylic acids is 1. The predicted molar refractivity (Wildman–Crippen MR) is 94.2 cm³/mol. The van der Waals surface area contributed by atoms with Crippen LogP contribution in [0.5, 0.6) is 0 Å². The van der Waals surface area contributed by atoms with Crippen molar-refractivity contribution < 1.29 is 19.5 Å². The standard InChI is InChI=1S/C18H23ClN2O4/c1-12(22)20-16(14-2-4-15(19)5-3-14)11-17(23)21-8-6-13(7-9-21)10-18(24)25/h2-5,13,16H,6-11H2,1H3,(H,20,22)(H,24,25). The minimum Gasteiger partial charge on any atom is -0.481 e. The molecule has 0 bridgehead atoms. The largest absolute Gasteiger partial charge is 0.481 e. The Hall–Kier alpha value is -2.08. The fourth-order valence-corrected chi connectivity index (χ4v) is 3.26. The molecule has 1 fully saturated rings. The molecule has 1 saturated heterocycles. The number of carboxylic acid groups (broad SMARTS) is 1. The molecule has 7 heteroatoms. The molecule has 1 unspecified atom stereocenters. The normalized spacial score (nSPS) is 16.3. The van der Waals surface area contributed by atoms with Crippen LogP contribution >= 0.6 is 11.6 Å². The molecule has 2 amide bonds. The van der Waals surface area contributed by atoms with Gasteiger partial charge in [0.1, 0.15) is 0 Å². The SMILES string of the molecule is CC(=O)NC(CC(=O)N1CCC(CC(=O)O)CC1)c1ccc(Cl)cc1. The number of benzene rings is 1. The summed E-state index contributed by atoms with van der Waals surface area (Å²) in [5.41, 5.74) is 0.828. The molecular weight excluding hydrogens is 344 g/mol. The number of hydrogen-bond donors (Lipinski definition) is 2. The zero-order valence-electron chi connectivity index (χ0n) is 14.2. The van der Waals surface area contributed by atoms with E-state index in [-0.39, 0.29) is 30.6 Å². The Labute approximate surface area is 152 Å². The van der Waals surface area contributed by atoms with E-state index in [1.807, 2.05) is 0 Å². The summed E-state index contributed by atoms with van der Waals surface area (Å²) in [6, 6.07) is 6.66. The van der Waals surface area contributed by atoms with Gasteiger partial charge >= 0.3 is 5.97 Å². The maximum absolute atomic E-state index is 12.6. The molecule has 0 radical (unpaired) electrons. The molecule has 1 heterocycles. The summed E-state index contributed by atoms with van der Waals surface area (Å²) in [5, 5.41) is 12.3. The van der Waals surface area contributed by atoms with Gasteiger partial charge in [-0.3, -0.25) is 14.4 Å². The van der Waals surface area contributed by atoms with Crippen LogP contribution in [0, 0.1) is 5.92 Å². The van der Waals surface area contributed by atoms with E-state index in [1.165, 1.54) is 6.92 Å². The average Bonchev–Trinajstić information content (AvgIpc) is 2.54. The molecule has 1 aliphatic heterocycles. The Morgan fingerprint density at radius 2 is 1.84 bits per heavy atom. The highest BCUT2D eigenvalue weighted by molar-refractivity contribution is 6.30. The number of rotatable bonds is 6. The number of carbonyl (C=O) groups excluding carboxylic acids is 2. The van der Waals surface area contributed by atoms with Crippen molar-refractivity contribution in [2.24, 2.45) is 5.92 Å². The first kappa shape index (κ1) is 19.2. The molecule has 1 aromatic carbocycles. The molecule has 25 heavy (non-hydrogen) atoms. The highest BCUT2D eigenvalue weighted by Gasteiger charge is 2.26. The monoisotopic (exact) mass is 366 g/mol. The number of nitrogens with one attached hydrogen (secondary N) is 1. The van der Waals surface area contributed by atoms with Crippen molar-refractivity contribution in [3.8, 4) is 0 Å². The summed E-state index contributed by atoms with van der Waals surface area (Å²) in [6.07, 6.45) is 1.72. The Morgan fingerprint density at radius 3 is 2.36 bits per heavy atom. The van der Waals surface area contributed by atoms with Crippen LogP contribution in [0.4, 0.5) is 0 Å². The molecule has 0 spiro atoms. The summed E-state index contributed by atoms with van der Waals surface area (Å²) in [4.78, 5) is 36.6. The fourth-order valence-electron chi connectivity index (χ4n) is 3.13. The lowest BCUT2D eigenvalue weighted by Gasteiger charge is -2.32. The Morgan fingerprint density at radius 1 is 1.24 bits per heavy atom. The molecule has 0 aliphatic carbocycles. The number of hydrogen-bond acceptors (Lipinski definition) is 3. The lowest BCUT2D eigenvalue weighted by Crippen LogP contribution is -2.41. The number of halogens is 1. The first-order valence-corrected chi connectivity index (χ1v) is 8.75. The van der Waals surface area contributed by atoms with Crippen LogP contribution in [-0.2, 0) is 14.4 Å². The van der Waals surface area contributed by atoms with Gasteiger partial charge in [-0.15, -0.1) is 0 Å². The zero-order valence-corrected chi connectivity index (χ0v) is 15.0. The predicted octanol–water partition coefficient (Wildman–Crippen LogP) is 2.62. The van der Waals surface area contributed by atoms with Gasteiger partial charge < -0.3 is 15.3 Å². The van der Waals surface area contributed by atoms with Gasteiger partial charge in [-0.2, -0.15) is 0 Å². The van der Waals surface area contributed by atoms with Gasteiger partial charge in [0.2, 0.25) is 11.8 Å². The number of likely N-dealkylation sites (tertiary alicyclic amines) is 1. The van der Waals surface area contributed by atoms with Crippen molar-refractivity contribution in [2.75, 3.05) is 13.1 Å². The van der Waals surface area contributed by atoms with E-state index in [4.69, 9.17) is 16.7 Å². The Bertz CT molecular complexity index is 624. The van der Waals surface area contributed by atoms with Gasteiger partial charge in [0, 0.05) is 31.5 Å². The molecule has 2 rings (SSSR count). The minimum atomic E-state index is -0.793. The second-order valence-electron chi connectivity index (χ2n) is 6.43. The van der Waals surface area contributed by atoms with Gasteiger partial charge in [0.05, 0.1) is 12.5 Å². The molecular formula is C18H23ClN2O4. The number of carbonyl (C=O) groups is 3. The van der Waals surface area contributed by atoms with Crippen LogP contribution in [0.15, 0.2) is 24.3 Å². The van der Waals surface area contributed by atoms with E-state index in [0.717, 1.165) is 5.56 Å². The maximum Gasteiger partial charge on any atom is 0.303 e. The molecule has 0 saturated carbocycles. The Kier molecular flexibility index (Phi) is 6.82. The van der Waals surface area contributed by atoms with E-state index in [2.05, 4.69) is 5.32 Å². The maximum atomic E-state index is 12.6. The van der Waals surface area contributed by atoms with E-state index in [9.17, 15) is 14.4 Å². The third-order valence-corrected chi connectivity index (χ3v) is 4.71. The van der Waals surface area contributed by atoms with Gasteiger partial charge in [0.15, 0.2) is 0 Å². The molecule has 1 atom stereocenters. The van der Waals surface area contributed by atoms with E-state index < -0.39 is 12.0 Å². The number of piperidine rings is 1. The first-order valence-electron chi connectivity index (χ1n) is 8.37. The molecule has 1 aromatic rings. The van der Waals surface area contributed by atoms with Crippen molar-refractivity contribution in [1.82, 2.24) is 10.2 Å². The van der Waals surface area contributed by atoms with Crippen LogP contribution in [0.1, 0.15) is 44.2 Å². The van der Waals surface area contributed by atoms with Crippen LogP contribution in [-0.4, -0.2) is 40.9 Å². The van der Waals surface area contributed by atoms with E-state index >= 15 is 0 Å². The van der Waals surface area contributed by atoms with Crippen molar-refractivity contribution in [3.05, 3.63) is 34.9 Å². The molecule has 136 valence electrons. The molecule has 2 N–H and O–H groups in total. The van der Waals surface area contributed by atoms with Crippen molar-refractivity contribution >= 4 is 29.4 Å². The summed E-state index contributed by atoms with van der Waals surface area (Å²) in [6.45, 7) is 2.54. The molecule has 0 aromatic heterocycles. The van der Waals surface area contributed by atoms with Gasteiger partial charge in [-0.1, -0.05) is 23.7 Å². The molecule has 1 aliphatic rings. The lowest BCUT2D eigenvalue weighted by atomic mass is 9.93. The zero-order chi connectivity index (χ0) is 18.4. The summed E-state index contributed by atoms with van der Waals surface area (Å²) in [5.74, 6) is -0.905. The van der Waals surface area contributed by atoms with Crippen molar-refractivity contribution in [2.45, 2.75) is 38.6 Å². The van der Waals surface area contributed by atoms with Crippen molar-refractivity contribution in [3.63, 3.8) is 0 Å². The third kappa shape index (κ3) is 6.05. The first-order chi connectivity index (χ1) is 11.8. The summed E-state index contributed by atoms with van der Waals surface area (Å²) >= 11 is 5.89. The van der Waals surface area contributed by atoms with Gasteiger partial charge in [-0.25, -0.2) is 0 Å². The van der Waals surface area contributed by atoms with Crippen LogP contribution < -0.4 is 5.32 Å².